The minimum Gasteiger partial charge on any atom is -0.497 e. The number of piperazine rings is 1. The van der Waals surface area contributed by atoms with E-state index >= 15 is 0 Å². The standard InChI is InChI=1S/C25H32N4O4/c1-19-7-9-21(10-8-19)26-23(30)17-27(2)25(32)18-28-11-13-29(14-12-28)24(31)16-20-5-4-6-22(15-20)33-3/h4-10,15H,11-14,16-18H2,1-3H3,(H,26,30). The Labute approximate surface area is 195 Å². The smallest absolute Gasteiger partial charge is 0.243 e. The van der Waals surface area contributed by atoms with E-state index in [1.807, 2.05) is 65.3 Å². The van der Waals surface area contributed by atoms with Gasteiger partial charge in [-0.3, -0.25) is 19.3 Å². The molecular formula is C25H32N4O4. The minimum absolute atomic E-state index is 0.00824. The van der Waals surface area contributed by atoms with Gasteiger partial charge in [-0.25, -0.2) is 0 Å². The molecule has 1 N–H and O–H groups in total. The van der Waals surface area contributed by atoms with Crippen molar-refractivity contribution in [2.75, 3.05) is 58.7 Å². The molecule has 0 aromatic heterocycles. The van der Waals surface area contributed by atoms with Crippen LogP contribution in [0.1, 0.15) is 11.1 Å². The first-order valence-corrected chi connectivity index (χ1v) is 11.1. The minimum atomic E-state index is -0.234. The van der Waals surface area contributed by atoms with E-state index in [2.05, 4.69) is 5.32 Å². The van der Waals surface area contributed by atoms with Gasteiger partial charge >= 0.3 is 0 Å². The van der Waals surface area contributed by atoms with Gasteiger partial charge in [-0.15, -0.1) is 0 Å². The third kappa shape index (κ3) is 7.32. The second-order valence-corrected chi connectivity index (χ2v) is 8.35. The molecule has 0 aliphatic carbocycles. The molecule has 1 aliphatic heterocycles. The second-order valence-electron chi connectivity index (χ2n) is 8.35. The van der Waals surface area contributed by atoms with Crippen molar-refractivity contribution in [3.05, 3.63) is 59.7 Å². The summed E-state index contributed by atoms with van der Waals surface area (Å²) in [6.07, 6.45) is 0.328. The third-order valence-electron chi connectivity index (χ3n) is 5.72. The maximum atomic E-state index is 12.6. The normalized spacial score (nSPS) is 14.0. The predicted octanol–water partition coefficient (Wildman–Crippen LogP) is 1.79. The average molecular weight is 453 g/mol. The number of nitrogens with one attached hydrogen (secondary N) is 1. The fourth-order valence-electron chi connectivity index (χ4n) is 3.68. The lowest BCUT2D eigenvalue weighted by molar-refractivity contribution is -0.136. The van der Waals surface area contributed by atoms with Gasteiger partial charge in [-0.1, -0.05) is 29.8 Å². The van der Waals surface area contributed by atoms with Crippen molar-refractivity contribution in [3.8, 4) is 5.75 Å². The van der Waals surface area contributed by atoms with E-state index in [0.717, 1.165) is 16.9 Å². The van der Waals surface area contributed by atoms with Crippen LogP contribution < -0.4 is 10.1 Å². The van der Waals surface area contributed by atoms with E-state index in [1.54, 1.807) is 14.2 Å². The van der Waals surface area contributed by atoms with Crippen LogP contribution in [0.4, 0.5) is 5.69 Å². The zero-order valence-corrected chi connectivity index (χ0v) is 19.5. The van der Waals surface area contributed by atoms with Crippen LogP contribution in [0.25, 0.3) is 0 Å². The van der Waals surface area contributed by atoms with Crippen LogP contribution in [0.15, 0.2) is 48.5 Å². The molecule has 0 bridgehead atoms. The van der Waals surface area contributed by atoms with Crippen molar-refractivity contribution in [1.82, 2.24) is 14.7 Å². The summed E-state index contributed by atoms with van der Waals surface area (Å²) in [5.74, 6) is 0.451. The number of nitrogens with zero attached hydrogens (tertiary/aromatic N) is 3. The number of hydrogen-bond acceptors (Lipinski definition) is 5. The van der Waals surface area contributed by atoms with Crippen LogP contribution in [-0.2, 0) is 20.8 Å². The molecule has 0 atom stereocenters. The maximum Gasteiger partial charge on any atom is 0.243 e. The summed E-state index contributed by atoms with van der Waals surface area (Å²) in [4.78, 5) is 42.7. The van der Waals surface area contributed by atoms with Crippen LogP contribution in [0.2, 0.25) is 0 Å². The lowest BCUT2D eigenvalue weighted by Crippen LogP contribution is -2.52. The van der Waals surface area contributed by atoms with E-state index in [-0.39, 0.29) is 30.8 Å². The fourth-order valence-corrected chi connectivity index (χ4v) is 3.68. The molecule has 8 nitrogen and oxygen atoms in total. The number of aryl methyl sites for hydroxylation is 1. The first-order chi connectivity index (χ1) is 15.8. The van der Waals surface area contributed by atoms with Crippen molar-refractivity contribution < 1.29 is 19.1 Å². The Morgan fingerprint density at radius 3 is 2.39 bits per heavy atom. The van der Waals surface area contributed by atoms with Gasteiger partial charge in [0.2, 0.25) is 17.7 Å². The van der Waals surface area contributed by atoms with Crippen LogP contribution in [0, 0.1) is 6.92 Å². The molecule has 1 aliphatic rings. The lowest BCUT2D eigenvalue weighted by Gasteiger charge is -2.35. The largest absolute Gasteiger partial charge is 0.497 e. The van der Waals surface area contributed by atoms with Gasteiger partial charge in [-0.2, -0.15) is 0 Å². The van der Waals surface area contributed by atoms with Crippen molar-refractivity contribution in [1.29, 1.82) is 0 Å². The summed E-state index contributed by atoms with van der Waals surface area (Å²) in [6, 6.07) is 15.0. The molecule has 1 saturated heterocycles. The van der Waals surface area contributed by atoms with Crippen LogP contribution >= 0.6 is 0 Å². The average Bonchev–Trinajstić information content (AvgIpc) is 2.81. The second kappa shape index (κ2) is 11.5. The summed E-state index contributed by atoms with van der Waals surface area (Å²) in [5.41, 5.74) is 2.74. The number of carbonyl (C=O) groups is 3. The van der Waals surface area contributed by atoms with Gasteiger partial charge < -0.3 is 19.9 Å². The van der Waals surface area contributed by atoms with Gasteiger partial charge in [-0.05, 0) is 36.8 Å². The van der Waals surface area contributed by atoms with Crippen molar-refractivity contribution in [3.63, 3.8) is 0 Å². The van der Waals surface area contributed by atoms with E-state index in [0.29, 0.717) is 38.3 Å². The van der Waals surface area contributed by atoms with Crippen molar-refractivity contribution >= 4 is 23.4 Å². The SMILES string of the molecule is COc1cccc(CC(=O)N2CCN(CC(=O)N(C)CC(=O)Nc3ccc(C)cc3)CC2)c1. The molecule has 1 fully saturated rings. The van der Waals surface area contributed by atoms with E-state index in [4.69, 9.17) is 4.74 Å². The maximum absolute atomic E-state index is 12.6. The van der Waals surface area contributed by atoms with Gasteiger partial charge in [0, 0.05) is 38.9 Å². The van der Waals surface area contributed by atoms with E-state index < -0.39 is 0 Å². The molecule has 1 heterocycles. The molecule has 0 unspecified atom stereocenters. The topological polar surface area (TPSA) is 82.2 Å². The number of rotatable bonds is 8. The Kier molecular flexibility index (Phi) is 8.43. The van der Waals surface area contributed by atoms with Crippen LogP contribution in [0.5, 0.6) is 5.75 Å². The zero-order valence-electron chi connectivity index (χ0n) is 19.5. The highest BCUT2D eigenvalue weighted by Crippen LogP contribution is 2.14. The number of ether oxygens (including phenoxy) is 1. The van der Waals surface area contributed by atoms with Crippen LogP contribution in [-0.4, -0.2) is 85.8 Å². The van der Waals surface area contributed by atoms with E-state index in [9.17, 15) is 14.4 Å². The van der Waals surface area contributed by atoms with Gasteiger partial charge in [0.05, 0.1) is 26.6 Å². The first-order valence-electron chi connectivity index (χ1n) is 11.1. The Morgan fingerprint density at radius 2 is 1.73 bits per heavy atom. The molecule has 0 radical (unpaired) electrons. The molecule has 8 heteroatoms. The van der Waals surface area contributed by atoms with Gasteiger partial charge in [0.25, 0.3) is 0 Å². The quantitative estimate of drug-likeness (QED) is 0.660. The summed E-state index contributed by atoms with van der Waals surface area (Å²) >= 11 is 0. The zero-order chi connectivity index (χ0) is 23.8. The number of benzene rings is 2. The number of carbonyl (C=O) groups excluding carboxylic acids is 3. The molecule has 0 spiro atoms. The Bertz CT molecular complexity index is 969. The molecule has 3 amide bonds. The molecule has 176 valence electrons. The predicted molar refractivity (Wildman–Crippen MR) is 127 cm³/mol. The summed E-state index contributed by atoms with van der Waals surface area (Å²) in [5, 5.41) is 2.81. The van der Waals surface area contributed by atoms with E-state index in [1.165, 1.54) is 4.90 Å². The van der Waals surface area contributed by atoms with Gasteiger partial charge in [0.15, 0.2) is 0 Å². The number of amides is 3. The molecule has 0 saturated carbocycles. The van der Waals surface area contributed by atoms with Crippen molar-refractivity contribution in [2.24, 2.45) is 0 Å². The summed E-state index contributed by atoms with van der Waals surface area (Å²) in [6.45, 7) is 4.60. The third-order valence-corrected chi connectivity index (χ3v) is 5.72. The van der Waals surface area contributed by atoms with Crippen LogP contribution in [0.3, 0.4) is 0 Å². The first kappa shape index (κ1) is 24.3. The summed E-state index contributed by atoms with van der Waals surface area (Å²) < 4.78 is 5.22. The number of likely N-dealkylation sites (N-methyl/N-ethyl adjacent to an activating group) is 1. The Hall–Kier alpha value is -3.39. The van der Waals surface area contributed by atoms with Gasteiger partial charge in [0.1, 0.15) is 5.75 Å². The molecular weight excluding hydrogens is 420 g/mol. The Morgan fingerprint density at radius 1 is 1.03 bits per heavy atom. The fraction of sp³-hybridized carbons (Fsp3) is 0.400. The molecule has 2 aromatic rings. The monoisotopic (exact) mass is 452 g/mol. The number of anilines is 1. The lowest BCUT2D eigenvalue weighted by atomic mass is 10.1. The summed E-state index contributed by atoms with van der Waals surface area (Å²) in [7, 11) is 3.24. The van der Waals surface area contributed by atoms with Crippen molar-refractivity contribution in [2.45, 2.75) is 13.3 Å². The number of hydrogen-bond donors (Lipinski definition) is 1. The molecule has 2 aromatic carbocycles. The highest BCUT2D eigenvalue weighted by molar-refractivity contribution is 5.94. The number of methoxy groups -OCH3 is 1. The highest BCUT2D eigenvalue weighted by Gasteiger charge is 2.24. The molecule has 3 rings (SSSR count). The Balaban J connectivity index is 1.40. The highest BCUT2D eigenvalue weighted by atomic mass is 16.5. The molecule has 33 heavy (non-hydrogen) atoms.